The highest BCUT2D eigenvalue weighted by Gasteiger charge is 2.24. The van der Waals surface area contributed by atoms with Crippen LogP contribution in [-0.4, -0.2) is 21.2 Å². The molecule has 0 radical (unpaired) electrons. The van der Waals surface area contributed by atoms with Crippen molar-refractivity contribution in [1.29, 1.82) is 0 Å². The summed E-state index contributed by atoms with van der Waals surface area (Å²) in [5.74, 6) is -0.0724. The van der Waals surface area contributed by atoms with Crippen LogP contribution >= 0.6 is 0 Å². The monoisotopic (exact) mass is 337 g/mol. The first-order valence-corrected chi connectivity index (χ1v) is 8.05. The number of hydrogen-bond donors (Lipinski definition) is 2. The van der Waals surface area contributed by atoms with Gasteiger partial charge in [-0.15, -0.1) is 0 Å². The number of nitrogens with zero attached hydrogens (tertiary/aromatic N) is 1. The minimum Gasteiger partial charge on any atom is -0.508 e. The molecule has 2 aromatic carbocycles. The first kappa shape index (κ1) is 16.8. The van der Waals surface area contributed by atoms with Crippen LogP contribution in [0.15, 0.2) is 40.9 Å². The zero-order valence-electron chi connectivity index (χ0n) is 14.3. The smallest absolute Gasteiger partial charge is 0.182 e. The largest absolute Gasteiger partial charge is 0.508 e. The van der Waals surface area contributed by atoms with Gasteiger partial charge in [-0.25, -0.2) is 0 Å². The molecule has 0 fully saturated rings. The number of aromatic nitrogens is 1. The number of carbonyl (C=O) groups excluding carboxylic acids is 1. The van der Waals surface area contributed by atoms with Crippen molar-refractivity contribution >= 4 is 5.78 Å². The molecule has 0 unspecified atom stereocenters. The number of carbonyl (C=O) groups is 1. The van der Waals surface area contributed by atoms with Gasteiger partial charge in [-0.3, -0.25) is 4.79 Å². The van der Waals surface area contributed by atoms with Gasteiger partial charge in [0.25, 0.3) is 0 Å². The molecular formula is C20H19NO4. The summed E-state index contributed by atoms with van der Waals surface area (Å²) in [5, 5.41) is 23.9. The second-order valence-electron chi connectivity index (χ2n) is 6.00. The number of ketones is 1. The van der Waals surface area contributed by atoms with Gasteiger partial charge in [0, 0.05) is 13.0 Å². The first-order chi connectivity index (χ1) is 11.9. The summed E-state index contributed by atoms with van der Waals surface area (Å²) in [7, 11) is 0. The number of aromatic hydroxyl groups is 2. The maximum atomic E-state index is 12.0. The fourth-order valence-electron chi connectivity index (χ4n) is 2.76. The Morgan fingerprint density at radius 1 is 1.12 bits per heavy atom. The number of phenolic OH excluding ortho intramolecular Hbond substituents is 2. The van der Waals surface area contributed by atoms with Crippen molar-refractivity contribution in [3.63, 3.8) is 0 Å². The van der Waals surface area contributed by atoms with Gasteiger partial charge in [0.1, 0.15) is 11.5 Å². The lowest BCUT2D eigenvalue weighted by atomic mass is 9.96. The number of phenols is 2. The Labute approximate surface area is 145 Å². The van der Waals surface area contributed by atoms with E-state index in [1.165, 1.54) is 18.6 Å². The normalized spacial score (nSPS) is 10.8. The van der Waals surface area contributed by atoms with Gasteiger partial charge in [0.15, 0.2) is 17.2 Å². The predicted molar refractivity (Wildman–Crippen MR) is 94.8 cm³/mol. The third-order valence-electron chi connectivity index (χ3n) is 4.24. The van der Waals surface area contributed by atoms with E-state index in [1.807, 2.05) is 24.3 Å². The van der Waals surface area contributed by atoms with Crippen molar-refractivity contribution in [3.05, 3.63) is 53.2 Å². The first-order valence-electron chi connectivity index (χ1n) is 8.05. The summed E-state index contributed by atoms with van der Waals surface area (Å²) in [6.07, 6.45) is 0.911. The van der Waals surface area contributed by atoms with E-state index >= 15 is 0 Å². The minimum absolute atomic E-state index is 0.0126. The van der Waals surface area contributed by atoms with Gasteiger partial charge in [0.05, 0.1) is 11.1 Å². The Morgan fingerprint density at radius 2 is 1.80 bits per heavy atom. The average Bonchev–Trinajstić information content (AvgIpc) is 3.03. The summed E-state index contributed by atoms with van der Waals surface area (Å²) >= 11 is 0. The van der Waals surface area contributed by atoms with E-state index < -0.39 is 0 Å². The molecule has 0 aliphatic rings. The highest BCUT2D eigenvalue weighted by Crippen LogP contribution is 2.41. The van der Waals surface area contributed by atoms with Gasteiger partial charge in [-0.2, -0.15) is 0 Å². The Hall–Kier alpha value is -3.08. The molecule has 5 heteroatoms. The van der Waals surface area contributed by atoms with Crippen LogP contribution in [0.4, 0.5) is 0 Å². The van der Waals surface area contributed by atoms with Gasteiger partial charge in [-0.1, -0.05) is 36.3 Å². The maximum absolute atomic E-state index is 12.0. The van der Waals surface area contributed by atoms with E-state index in [-0.39, 0.29) is 23.0 Å². The van der Waals surface area contributed by atoms with E-state index in [0.29, 0.717) is 22.5 Å². The SMILES string of the molecule is CCc1ccc(-c2c(C(C)=O)noc2-c2cc(C)c(O)cc2O)cc1. The van der Waals surface area contributed by atoms with Crippen molar-refractivity contribution in [3.8, 4) is 33.9 Å². The second-order valence-corrected chi connectivity index (χ2v) is 6.00. The van der Waals surface area contributed by atoms with Crippen LogP contribution in [0.2, 0.25) is 0 Å². The number of rotatable bonds is 4. The standard InChI is InChI=1S/C20H19NO4/c1-4-13-5-7-14(8-6-13)18-19(12(3)22)21-25-20(18)15-9-11(2)16(23)10-17(15)24/h5-10,23-24H,4H2,1-3H3. The molecule has 1 heterocycles. The third-order valence-corrected chi connectivity index (χ3v) is 4.24. The van der Waals surface area contributed by atoms with Crippen molar-refractivity contribution in [2.45, 2.75) is 27.2 Å². The summed E-state index contributed by atoms with van der Waals surface area (Å²) in [5.41, 5.74) is 3.67. The van der Waals surface area contributed by atoms with Crippen LogP contribution in [0.1, 0.15) is 35.5 Å². The fraction of sp³-hybridized carbons (Fsp3) is 0.200. The molecule has 0 aliphatic carbocycles. The van der Waals surface area contributed by atoms with Crippen LogP contribution in [0.25, 0.3) is 22.5 Å². The topological polar surface area (TPSA) is 83.6 Å². The average molecular weight is 337 g/mol. The molecule has 0 saturated heterocycles. The van der Waals surface area contributed by atoms with Gasteiger partial charge < -0.3 is 14.7 Å². The number of benzene rings is 2. The Bertz CT molecular complexity index is 939. The molecule has 0 bridgehead atoms. The molecule has 5 nitrogen and oxygen atoms in total. The molecule has 128 valence electrons. The molecule has 1 aromatic heterocycles. The van der Waals surface area contributed by atoms with E-state index in [9.17, 15) is 15.0 Å². The molecule has 0 aliphatic heterocycles. The summed E-state index contributed by atoms with van der Waals surface area (Å²) in [6, 6.07) is 10.6. The van der Waals surface area contributed by atoms with Gasteiger partial charge >= 0.3 is 0 Å². The zero-order valence-corrected chi connectivity index (χ0v) is 14.3. The minimum atomic E-state index is -0.223. The Morgan fingerprint density at radius 3 is 2.40 bits per heavy atom. The van der Waals surface area contributed by atoms with E-state index in [1.54, 1.807) is 13.0 Å². The van der Waals surface area contributed by atoms with Crippen molar-refractivity contribution in [2.24, 2.45) is 0 Å². The van der Waals surface area contributed by atoms with E-state index in [0.717, 1.165) is 12.0 Å². The molecular weight excluding hydrogens is 318 g/mol. The summed E-state index contributed by atoms with van der Waals surface area (Å²) < 4.78 is 5.42. The molecule has 2 N–H and O–H groups in total. The predicted octanol–water partition coefficient (Wildman–Crippen LogP) is 4.49. The quantitative estimate of drug-likeness (QED) is 0.685. The van der Waals surface area contributed by atoms with E-state index in [4.69, 9.17) is 4.52 Å². The molecule has 0 spiro atoms. The maximum Gasteiger partial charge on any atom is 0.182 e. The fourth-order valence-corrected chi connectivity index (χ4v) is 2.76. The molecule has 0 atom stereocenters. The number of Topliss-reactive ketones (excluding diaryl/α,β-unsaturated/α-hetero) is 1. The molecule has 3 aromatic rings. The lowest BCUT2D eigenvalue weighted by Gasteiger charge is -2.08. The lowest BCUT2D eigenvalue weighted by Crippen LogP contribution is -1.96. The number of aryl methyl sites for hydroxylation is 2. The summed E-state index contributed by atoms with van der Waals surface area (Å²) in [6.45, 7) is 5.21. The van der Waals surface area contributed by atoms with Gasteiger partial charge in [0.2, 0.25) is 0 Å². The van der Waals surface area contributed by atoms with Crippen molar-refractivity contribution in [1.82, 2.24) is 5.16 Å². The van der Waals surface area contributed by atoms with Crippen LogP contribution in [0, 0.1) is 6.92 Å². The molecule has 0 amide bonds. The van der Waals surface area contributed by atoms with Crippen LogP contribution in [0.5, 0.6) is 11.5 Å². The Balaban J connectivity index is 2.25. The molecule has 0 saturated carbocycles. The molecule has 3 rings (SSSR count). The highest BCUT2D eigenvalue weighted by atomic mass is 16.5. The van der Waals surface area contributed by atoms with Crippen molar-refractivity contribution < 1.29 is 19.5 Å². The van der Waals surface area contributed by atoms with E-state index in [2.05, 4.69) is 12.1 Å². The van der Waals surface area contributed by atoms with Crippen LogP contribution in [-0.2, 0) is 6.42 Å². The zero-order chi connectivity index (χ0) is 18.1. The highest BCUT2D eigenvalue weighted by molar-refractivity contribution is 6.02. The molecule has 25 heavy (non-hydrogen) atoms. The lowest BCUT2D eigenvalue weighted by molar-refractivity contribution is 0.101. The van der Waals surface area contributed by atoms with Crippen LogP contribution in [0.3, 0.4) is 0 Å². The third kappa shape index (κ3) is 3.01. The summed E-state index contributed by atoms with van der Waals surface area (Å²) in [4.78, 5) is 12.0. The van der Waals surface area contributed by atoms with Crippen molar-refractivity contribution in [2.75, 3.05) is 0 Å². The Kier molecular flexibility index (Phi) is 4.31. The second kappa shape index (κ2) is 6.43. The van der Waals surface area contributed by atoms with Gasteiger partial charge in [-0.05, 0) is 36.1 Å². The number of hydrogen-bond acceptors (Lipinski definition) is 5. The van der Waals surface area contributed by atoms with Crippen LogP contribution < -0.4 is 0 Å².